The zero-order valence-electron chi connectivity index (χ0n) is 11.4. The van der Waals surface area contributed by atoms with Gasteiger partial charge in [0.1, 0.15) is 12.3 Å². The second-order valence-corrected chi connectivity index (χ2v) is 4.38. The number of hydrogen-bond donors (Lipinski definition) is 1. The van der Waals surface area contributed by atoms with E-state index in [-0.39, 0.29) is 12.1 Å². The fourth-order valence-corrected chi connectivity index (χ4v) is 1.74. The maximum absolute atomic E-state index is 12.4. The second kappa shape index (κ2) is 7.62. The number of furan rings is 1. The van der Waals surface area contributed by atoms with E-state index in [1.54, 1.807) is 6.92 Å². The summed E-state index contributed by atoms with van der Waals surface area (Å²) in [5.41, 5.74) is 0.278. The number of carbonyl (C=O) groups excluding carboxylic acids is 2. The maximum Gasteiger partial charge on any atom is 0.255 e. The Labute approximate surface area is 115 Å². The SMILES string of the molecule is CCCN(CC(F)F)C(=O)C(C)NC(=O)c1ccoc1. The molecular formula is C13H18F2N2O3. The largest absolute Gasteiger partial charge is 0.472 e. The smallest absolute Gasteiger partial charge is 0.255 e. The highest BCUT2D eigenvalue weighted by atomic mass is 19.3. The molecule has 0 bridgehead atoms. The van der Waals surface area contributed by atoms with Crippen LogP contribution in [0.1, 0.15) is 30.6 Å². The quantitative estimate of drug-likeness (QED) is 0.833. The fraction of sp³-hybridized carbons (Fsp3) is 0.538. The van der Waals surface area contributed by atoms with Gasteiger partial charge in [-0.05, 0) is 19.4 Å². The first-order valence-corrected chi connectivity index (χ1v) is 6.35. The average Bonchev–Trinajstić information content (AvgIpc) is 2.90. The van der Waals surface area contributed by atoms with Crippen LogP contribution in [-0.4, -0.2) is 42.3 Å². The Morgan fingerprint density at radius 3 is 2.65 bits per heavy atom. The molecule has 112 valence electrons. The lowest BCUT2D eigenvalue weighted by atomic mass is 10.2. The molecule has 0 radical (unpaired) electrons. The van der Waals surface area contributed by atoms with Crippen LogP contribution >= 0.6 is 0 Å². The van der Waals surface area contributed by atoms with Crippen molar-refractivity contribution in [2.75, 3.05) is 13.1 Å². The minimum atomic E-state index is -2.60. The summed E-state index contributed by atoms with van der Waals surface area (Å²) >= 11 is 0. The van der Waals surface area contributed by atoms with Crippen LogP contribution < -0.4 is 5.32 Å². The number of halogens is 2. The van der Waals surface area contributed by atoms with Gasteiger partial charge in [0.2, 0.25) is 5.91 Å². The lowest BCUT2D eigenvalue weighted by Gasteiger charge is -2.25. The Bertz CT molecular complexity index is 435. The first-order chi connectivity index (χ1) is 9.45. The molecule has 0 spiro atoms. The molecule has 0 aliphatic rings. The molecule has 0 aliphatic heterocycles. The average molecular weight is 288 g/mol. The third-order valence-electron chi connectivity index (χ3n) is 2.66. The van der Waals surface area contributed by atoms with Crippen LogP contribution in [0.2, 0.25) is 0 Å². The predicted molar refractivity (Wildman–Crippen MR) is 68.5 cm³/mol. The normalized spacial score (nSPS) is 12.2. The molecule has 7 heteroatoms. The Kier molecular flexibility index (Phi) is 6.14. The van der Waals surface area contributed by atoms with Crippen molar-refractivity contribution in [3.63, 3.8) is 0 Å². The van der Waals surface area contributed by atoms with Gasteiger partial charge in [0.15, 0.2) is 0 Å². The molecule has 1 aromatic rings. The number of nitrogens with zero attached hydrogens (tertiary/aromatic N) is 1. The van der Waals surface area contributed by atoms with Crippen molar-refractivity contribution in [2.45, 2.75) is 32.7 Å². The zero-order chi connectivity index (χ0) is 15.1. The lowest BCUT2D eigenvalue weighted by molar-refractivity contribution is -0.134. The molecule has 1 atom stereocenters. The van der Waals surface area contributed by atoms with Crippen molar-refractivity contribution < 1.29 is 22.8 Å². The van der Waals surface area contributed by atoms with Crippen LogP contribution in [0.15, 0.2) is 23.0 Å². The third-order valence-corrected chi connectivity index (χ3v) is 2.66. The summed E-state index contributed by atoms with van der Waals surface area (Å²) in [5, 5.41) is 2.46. The van der Waals surface area contributed by atoms with Crippen LogP contribution in [0.5, 0.6) is 0 Å². The van der Waals surface area contributed by atoms with Gasteiger partial charge in [0, 0.05) is 6.54 Å². The summed E-state index contributed by atoms with van der Waals surface area (Å²) in [4.78, 5) is 24.8. The first-order valence-electron chi connectivity index (χ1n) is 6.35. The summed E-state index contributed by atoms with van der Waals surface area (Å²) < 4.78 is 29.6. The van der Waals surface area contributed by atoms with Crippen molar-refractivity contribution >= 4 is 11.8 Å². The molecule has 1 heterocycles. The Hall–Kier alpha value is -1.92. The summed E-state index contributed by atoms with van der Waals surface area (Å²) in [6.07, 6.45) is 0.556. The summed E-state index contributed by atoms with van der Waals surface area (Å²) in [6, 6.07) is 0.581. The van der Waals surface area contributed by atoms with E-state index in [2.05, 4.69) is 5.32 Å². The van der Waals surface area contributed by atoms with Crippen LogP contribution in [-0.2, 0) is 4.79 Å². The molecule has 1 unspecified atom stereocenters. The summed E-state index contributed by atoms with van der Waals surface area (Å²) in [7, 11) is 0. The van der Waals surface area contributed by atoms with E-state index >= 15 is 0 Å². The molecule has 0 aromatic carbocycles. The number of rotatable bonds is 7. The van der Waals surface area contributed by atoms with Crippen molar-refractivity contribution in [1.29, 1.82) is 0 Å². The molecular weight excluding hydrogens is 270 g/mol. The van der Waals surface area contributed by atoms with Crippen molar-refractivity contribution in [1.82, 2.24) is 10.2 Å². The minimum Gasteiger partial charge on any atom is -0.472 e. The highest BCUT2D eigenvalue weighted by molar-refractivity contribution is 5.97. The molecule has 5 nitrogen and oxygen atoms in total. The van der Waals surface area contributed by atoms with Gasteiger partial charge >= 0.3 is 0 Å². The van der Waals surface area contributed by atoms with E-state index in [0.717, 1.165) is 4.90 Å². The number of hydrogen-bond acceptors (Lipinski definition) is 3. The van der Waals surface area contributed by atoms with E-state index < -0.39 is 30.8 Å². The fourth-order valence-electron chi connectivity index (χ4n) is 1.74. The van der Waals surface area contributed by atoms with Gasteiger partial charge in [-0.1, -0.05) is 6.92 Å². The van der Waals surface area contributed by atoms with Crippen LogP contribution in [0.3, 0.4) is 0 Å². The molecule has 1 N–H and O–H groups in total. The van der Waals surface area contributed by atoms with E-state index in [1.807, 2.05) is 0 Å². The summed E-state index contributed by atoms with van der Waals surface area (Å²) in [5.74, 6) is -1.00. The number of carbonyl (C=O) groups is 2. The van der Waals surface area contributed by atoms with E-state index in [0.29, 0.717) is 6.42 Å². The van der Waals surface area contributed by atoms with Crippen molar-refractivity contribution in [3.05, 3.63) is 24.2 Å². The molecule has 0 saturated carbocycles. The van der Waals surface area contributed by atoms with Crippen LogP contribution in [0, 0.1) is 0 Å². The summed E-state index contributed by atoms with van der Waals surface area (Å²) in [6.45, 7) is 2.86. The van der Waals surface area contributed by atoms with E-state index in [4.69, 9.17) is 4.42 Å². The van der Waals surface area contributed by atoms with Gasteiger partial charge in [-0.3, -0.25) is 9.59 Å². The topological polar surface area (TPSA) is 62.6 Å². The first kappa shape index (κ1) is 16.1. The van der Waals surface area contributed by atoms with Gasteiger partial charge in [-0.15, -0.1) is 0 Å². The van der Waals surface area contributed by atoms with Crippen LogP contribution in [0.25, 0.3) is 0 Å². The number of amides is 2. The molecule has 0 saturated heterocycles. The second-order valence-electron chi connectivity index (χ2n) is 4.38. The highest BCUT2D eigenvalue weighted by Gasteiger charge is 2.24. The molecule has 0 aliphatic carbocycles. The Morgan fingerprint density at radius 2 is 2.15 bits per heavy atom. The molecule has 20 heavy (non-hydrogen) atoms. The van der Waals surface area contributed by atoms with Gasteiger partial charge in [-0.25, -0.2) is 8.78 Å². The zero-order valence-corrected chi connectivity index (χ0v) is 11.4. The minimum absolute atomic E-state index is 0.231. The highest BCUT2D eigenvalue weighted by Crippen LogP contribution is 2.05. The number of nitrogens with one attached hydrogen (secondary N) is 1. The molecule has 1 rings (SSSR count). The van der Waals surface area contributed by atoms with Gasteiger partial charge < -0.3 is 14.6 Å². The van der Waals surface area contributed by atoms with E-state index in [1.165, 1.54) is 25.5 Å². The van der Waals surface area contributed by atoms with Crippen molar-refractivity contribution in [3.8, 4) is 0 Å². The Balaban J connectivity index is 2.61. The predicted octanol–water partition coefficient (Wildman–Crippen LogP) is 1.90. The van der Waals surface area contributed by atoms with E-state index in [9.17, 15) is 18.4 Å². The number of alkyl halides is 2. The van der Waals surface area contributed by atoms with Crippen molar-refractivity contribution in [2.24, 2.45) is 0 Å². The molecule has 1 aromatic heterocycles. The molecule has 0 fully saturated rings. The third kappa shape index (κ3) is 4.64. The lowest BCUT2D eigenvalue weighted by Crippen LogP contribution is -2.48. The van der Waals surface area contributed by atoms with Gasteiger partial charge in [0.25, 0.3) is 12.3 Å². The van der Waals surface area contributed by atoms with Crippen LogP contribution in [0.4, 0.5) is 8.78 Å². The van der Waals surface area contributed by atoms with Gasteiger partial charge in [-0.2, -0.15) is 0 Å². The monoisotopic (exact) mass is 288 g/mol. The van der Waals surface area contributed by atoms with Gasteiger partial charge in [0.05, 0.1) is 18.4 Å². The Morgan fingerprint density at radius 1 is 1.45 bits per heavy atom. The maximum atomic E-state index is 12.4. The molecule has 2 amide bonds. The standard InChI is InChI=1S/C13H18F2N2O3/c1-3-5-17(7-11(14)15)13(19)9(2)16-12(18)10-4-6-20-8-10/h4,6,8-9,11H,3,5,7H2,1-2H3,(H,16,18).